The maximum Gasteiger partial charge on any atom is 0.253 e. The second-order valence-corrected chi connectivity index (χ2v) is 8.82. The van der Waals surface area contributed by atoms with Gasteiger partial charge in [-0.3, -0.25) is 14.5 Å². The van der Waals surface area contributed by atoms with Gasteiger partial charge in [0, 0.05) is 57.9 Å². The van der Waals surface area contributed by atoms with Crippen LogP contribution in [0.4, 0.5) is 11.4 Å². The fraction of sp³-hybridized carbons (Fsp3) is 0.462. The minimum Gasteiger partial charge on any atom is -0.351 e. The Bertz CT molecular complexity index is 903. The van der Waals surface area contributed by atoms with Crippen LogP contribution in [0, 0.1) is 5.92 Å². The third-order valence-electron chi connectivity index (χ3n) is 6.76. The number of carbonyl (C=O) groups excluding carboxylic acids is 2. The summed E-state index contributed by atoms with van der Waals surface area (Å²) >= 11 is 0. The molecule has 1 saturated heterocycles. The quantitative estimate of drug-likeness (QED) is 0.725. The number of nitrogens with one attached hydrogen (secondary N) is 1. The summed E-state index contributed by atoms with van der Waals surface area (Å²) in [5.74, 6) is 0.558. The molecule has 1 heterocycles. The number of para-hydroxylation sites is 2. The molecule has 0 aromatic heterocycles. The molecule has 0 unspecified atom stereocenters. The molecule has 1 saturated carbocycles. The first-order valence-corrected chi connectivity index (χ1v) is 11.8. The Kier molecular flexibility index (Phi) is 7.43. The van der Waals surface area contributed by atoms with Crippen molar-refractivity contribution >= 4 is 23.2 Å². The summed E-state index contributed by atoms with van der Waals surface area (Å²) in [6.07, 6.45) is 4.51. The first kappa shape index (κ1) is 22.3. The first-order valence-electron chi connectivity index (χ1n) is 11.8. The van der Waals surface area contributed by atoms with Crippen LogP contribution in [-0.2, 0) is 4.79 Å². The van der Waals surface area contributed by atoms with Gasteiger partial charge in [-0.2, -0.15) is 0 Å². The minimum absolute atomic E-state index is 0.0570. The summed E-state index contributed by atoms with van der Waals surface area (Å²) in [6.45, 7) is 4.75. The van der Waals surface area contributed by atoms with Crippen molar-refractivity contribution in [2.75, 3.05) is 51.2 Å². The molecule has 4 rings (SSSR count). The Morgan fingerprint density at radius 1 is 0.938 bits per heavy atom. The Balaban J connectivity index is 1.26. The molecule has 0 spiro atoms. The number of carbonyl (C=O) groups is 2. The highest BCUT2D eigenvalue weighted by molar-refractivity contribution is 6.00. The number of hydrogen-bond acceptors (Lipinski definition) is 4. The topological polar surface area (TPSA) is 55.9 Å². The summed E-state index contributed by atoms with van der Waals surface area (Å²) in [4.78, 5) is 31.9. The van der Waals surface area contributed by atoms with E-state index in [1.807, 2.05) is 71.4 Å². The third-order valence-corrected chi connectivity index (χ3v) is 6.76. The van der Waals surface area contributed by atoms with Crippen LogP contribution >= 0.6 is 0 Å². The van der Waals surface area contributed by atoms with Gasteiger partial charge in [0.25, 0.3) is 5.91 Å². The molecule has 1 aliphatic carbocycles. The average molecular weight is 435 g/mol. The number of benzene rings is 2. The fourth-order valence-electron chi connectivity index (χ4n) is 4.79. The molecule has 2 aliphatic rings. The number of rotatable bonds is 7. The molecule has 0 atom stereocenters. The van der Waals surface area contributed by atoms with Crippen molar-refractivity contribution < 1.29 is 9.59 Å². The lowest BCUT2D eigenvalue weighted by atomic mass is 10.1. The van der Waals surface area contributed by atoms with Gasteiger partial charge < -0.3 is 15.1 Å². The van der Waals surface area contributed by atoms with Crippen LogP contribution < -0.4 is 10.2 Å². The lowest BCUT2D eigenvalue weighted by Crippen LogP contribution is -2.51. The maximum absolute atomic E-state index is 12.9. The SMILES string of the molecule is CN(c1ccccc1)c1ccccc1C(=O)NCCN1CCN(C(=O)C2CCCC2)CC1. The van der Waals surface area contributed by atoms with Crippen molar-refractivity contribution in [3.8, 4) is 0 Å². The molecule has 170 valence electrons. The molecule has 2 aromatic rings. The van der Waals surface area contributed by atoms with E-state index in [1.54, 1.807) is 0 Å². The fourth-order valence-corrected chi connectivity index (χ4v) is 4.79. The number of anilines is 2. The van der Waals surface area contributed by atoms with E-state index in [9.17, 15) is 9.59 Å². The molecule has 2 amide bonds. The van der Waals surface area contributed by atoms with Gasteiger partial charge in [0.05, 0.1) is 11.3 Å². The molecular formula is C26H34N4O2. The van der Waals surface area contributed by atoms with Crippen LogP contribution in [0.1, 0.15) is 36.0 Å². The summed E-state index contributed by atoms with van der Waals surface area (Å²) in [5.41, 5.74) is 2.60. The highest BCUT2D eigenvalue weighted by Gasteiger charge is 2.29. The monoisotopic (exact) mass is 434 g/mol. The summed E-state index contributed by atoms with van der Waals surface area (Å²) < 4.78 is 0. The Morgan fingerprint density at radius 2 is 1.59 bits per heavy atom. The molecule has 6 nitrogen and oxygen atoms in total. The molecule has 0 radical (unpaired) electrons. The van der Waals surface area contributed by atoms with Gasteiger partial charge in [-0.25, -0.2) is 0 Å². The van der Waals surface area contributed by atoms with E-state index in [2.05, 4.69) is 10.2 Å². The summed E-state index contributed by atoms with van der Waals surface area (Å²) in [7, 11) is 1.98. The van der Waals surface area contributed by atoms with Crippen molar-refractivity contribution in [2.24, 2.45) is 5.92 Å². The molecule has 1 aliphatic heterocycles. The van der Waals surface area contributed by atoms with Gasteiger partial charge in [0.1, 0.15) is 0 Å². The second-order valence-electron chi connectivity index (χ2n) is 8.82. The van der Waals surface area contributed by atoms with E-state index >= 15 is 0 Å². The zero-order chi connectivity index (χ0) is 22.3. The summed E-state index contributed by atoms with van der Waals surface area (Å²) in [5, 5.41) is 3.08. The lowest BCUT2D eigenvalue weighted by molar-refractivity contribution is -0.137. The standard InChI is InChI=1S/C26H34N4O2/c1-28(22-11-3-2-4-12-22)24-14-8-7-13-23(24)25(31)27-15-16-29-17-19-30(20-18-29)26(32)21-9-5-6-10-21/h2-4,7-8,11-14,21H,5-6,9-10,15-20H2,1H3,(H,27,31). The first-order chi connectivity index (χ1) is 15.6. The van der Waals surface area contributed by atoms with E-state index in [0.717, 1.165) is 56.9 Å². The molecular weight excluding hydrogens is 400 g/mol. The molecule has 6 heteroatoms. The van der Waals surface area contributed by atoms with Crippen LogP contribution in [0.15, 0.2) is 54.6 Å². The van der Waals surface area contributed by atoms with Crippen LogP contribution in [0.3, 0.4) is 0 Å². The lowest BCUT2D eigenvalue weighted by Gasteiger charge is -2.36. The van der Waals surface area contributed by atoms with Crippen LogP contribution in [-0.4, -0.2) is 67.9 Å². The zero-order valence-corrected chi connectivity index (χ0v) is 19.0. The average Bonchev–Trinajstić information content (AvgIpc) is 3.39. The predicted octanol–water partition coefficient (Wildman–Crippen LogP) is 3.52. The molecule has 0 bridgehead atoms. The van der Waals surface area contributed by atoms with Crippen LogP contribution in [0.25, 0.3) is 0 Å². The number of piperazine rings is 1. The number of nitrogens with zero attached hydrogens (tertiary/aromatic N) is 3. The van der Waals surface area contributed by atoms with Gasteiger partial charge in [-0.1, -0.05) is 43.2 Å². The third kappa shape index (κ3) is 5.30. The van der Waals surface area contributed by atoms with Gasteiger partial charge in [0.2, 0.25) is 5.91 Å². The molecule has 32 heavy (non-hydrogen) atoms. The Labute approximate surface area is 191 Å². The van der Waals surface area contributed by atoms with E-state index < -0.39 is 0 Å². The van der Waals surface area contributed by atoms with E-state index in [-0.39, 0.29) is 11.8 Å². The minimum atomic E-state index is -0.0570. The van der Waals surface area contributed by atoms with Gasteiger partial charge in [-0.05, 0) is 37.1 Å². The van der Waals surface area contributed by atoms with E-state index in [1.165, 1.54) is 12.8 Å². The Hall–Kier alpha value is -2.86. The van der Waals surface area contributed by atoms with Crippen molar-refractivity contribution in [1.29, 1.82) is 0 Å². The van der Waals surface area contributed by atoms with E-state index in [0.29, 0.717) is 18.0 Å². The van der Waals surface area contributed by atoms with Gasteiger partial charge in [-0.15, -0.1) is 0 Å². The zero-order valence-electron chi connectivity index (χ0n) is 19.0. The number of amides is 2. The molecule has 2 fully saturated rings. The highest BCUT2D eigenvalue weighted by Crippen LogP contribution is 2.27. The summed E-state index contributed by atoms with van der Waals surface area (Å²) in [6, 6.07) is 17.7. The van der Waals surface area contributed by atoms with Gasteiger partial charge in [0.15, 0.2) is 0 Å². The highest BCUT2D eigenvalue weighted by atomic mass is 16.2. The maximum atomic E-state index is 12.9. The van der Waals surface area contributed by atoms with Gasteiger partial charge >= 0.3 is 0 Å². The molecule has 1 N–H and O–H groups in total. The van der Waals surface area contributed by atoms with Crippen molar-refractivity contribution in [2.45, 2.75) is 25.7 Å². The smallest absolute Gasteiger partial charge is 0.253 e. The normalized spacial score (nSPS) is 17.3. The largest absolute Gasteiger partial charge is 0.351 e. The number of hydrogen-bond donors (Lipinski definition) is 1. The van der Waals surface area contributed by atoms with Crippen LogP contribution in [0.2, 0.25) is 0 Å². The van der Waals surface area contributed by atoms with Crippen LogP contribution in [0.5, 0.6) is 0 Å². The van der Waals surface area contributed by atoms with Crippen molar-refractivity contribution in [1.82, 2.24) is 15.1 Å². The second kappa shape index (κ2) is 10.6. The Morgan fingerprint density at radius 3 is 2.31 bits per heavy atom. The van der Waals surface area contributed by atoms with Crippen molar-refractivity contribution in [3.05, 3.63) is 60.2 Å². The predicted molar refractivity (Wildman–Crippen MR) is 128 cm³/mol. The van der Waals surface area contributed by atoms with E-state index in [4.69, 9.17) is 0 Å². The van der Waals surface area contributed by atoms with Crippen molar-refractivity contribution in [3.63, 3.8) is 0 Å². The molecule has 2 aromatic carbocycles.